The van der Waals surface area contributed by atoms with Gasteiger partial charge < -0.3 is 14.6 Å². The second-order valence-electron chi connectivity index (χ2n) is 8.64. The summed E-state index contributed by atoms with van der Waals surface area (Å²) >= 11 is 0. The summed E-state index contributed by atoms with van der Waals surface area (Å²) in [6.45, 7) is 2.64. The minimum absolute atomic E-state index is 0.0692. The maximum Gasteiger partial charge on any atom is 0.261 e. The highest BCUT2D eigenvalue weighted by Gasteiger charge is 2.35. The lowest BCUT2D eigenvalue weighted by atomic mass is 9.90. The van der Waals surface area contributed by atoms with Gasteiger partial charge in [0.25, 0.3) is 5.91 Å². The molecule has 5 aromatic rings. The van der Waals surface area contributed by atoms with Crippen molar-refractivity contribution in [1.82, 2.24) is 19.9 Å². The van der Waals surface area contributed by atoms with E-state index in [1.807, 2.05) is 47.4 Å². The number of fused-ring (bicyclic) bond motifs is 4. The highest BCUT2D eigenvalue weighted by molar-refractivity contribution is 5.87. The van der Waals surface area contributed by atoms with Crippen molar-refractivity contribution >= 4 is 27.7 Å². The zero-order chi connectivity index (χ0) is 23.1. The van der Waals surface area contributed by atoms with Gasteiger partial charge in [0.05, 0.1) is 16.9 Å². The van der Waals surface area contributed by atoms with E-state index in [1.54, 1.807) is 0 Å². The molecule has 0 radical (unpaired) electrons. The second-order valence-corrected chi connectivity index (χ2v) is 8.64. The first-order valence-corrected chi connectivity index (χ1v) is 11.5. The van der Waals surface area contributed by atoms with E-state index in [4.69, 9.17) is 4.74 Å². The Balaban J connectivity index is 1.36. The number of aromatic amines is 1. The van der Waals surface area contributed by atoms with Crippen LogP contribution in [0.2, 0.25) is 0 Å². The van der Waals surface area contributed by atoms with E-state index in [2.05, 4.69) is 52.2 Å². The number of ether oxygens (including phenoxy) is 1. The maximum atomic E-state index is 13.6. The first-order valence-electron chi connectivity index (χ1n) is 11.5. The van der Waals surface area contributed by atoms with Gasteiger partial charge in [-0.15, -0.1) is 0 Å². The first kappa shape index (κ1) is 20.4. The molecule has 6 heteroatoms. The van der Waals surface area contributed by atoms with Crippen LogP contribution in [0.25, 0.3) is 21.8 Å². The molecule has 3 aromatic carbocycles. The number of nitrogens with one attached hydrogen (secondary N) is 1. The third-order valence-corrected chi connectivity index (χ3v) is 6.68. The van der Waals surface area contributed by atoms with Gasteiger partial charge in [-0.2, -0.15) is 0 Å². The van der Waals surface area contributed by atoms with Gasteiger partial charge >= 0.3 is 0 Å². The molecule has 0 aliphatic carbocycles. The van der Waals surface area contributed by atoms with Crippen LogP contribution in [0.4, 0.5) is 0 Å². The number of carbonyl (C=O) groups is 1. The number of para-hydroxylation sites is 2. The van der Waals surface area contributed by atoms with Gasteiger partial charge in [0.15, 0.2) is 6.61 Å². The van der Waals surface area contributed by atoms with E-state index in [0.717, 1.165) is 39.7 Å². The monoisotopic (exact) mass is 448 g/mol. The van der Waals surface area contributed by atoms with E-state index < -0.39 is 0 Å². The number of hydrogen-bond donors (Lipinski definition) is 1. The summed E-state index contributed by atoms with van der Waals surface area (Å²) in [5.74, 6) is 0.356. The molecule has 3 heterocycles. The van der Waals surface area contributed by atoms with E-state index in [-0.39, 0.29) is 18.6 Å². The normalized spacial score (nSPS) is 15.4. The molecule has 1 N–H and O–H groups in total. The van der Waals surface area contributed by atoms with E-state index in [9.17, 15) is 4.79 Å². The standard InChI is InChI=1S/C28H24N4O2/c1-18-8-2-3-9-19(18)27-26-21(20-10-4-7-13-24(20)31-26)14-15-32(27)25(33)16-34-28-22-11-5-6-12-23(22)29-17-30-28/h2-13,17,27,31H,14-16H2,1H3. The Labute approximate surface area is 197 Å². The summed E-state index contributed by atoms with van der Waals surface area (Å²) in [5, 5.41) is 2.02. The number of benzene rings is 3. The van der Waals surface area contributed by atoms with Gasteiger partial charge in [-0.1, -0.05) is 54.6 Å². The zero-order valence-electron chi connectivity index (χ0n) is 18.9. The van der Waals surface area contributed by atoms with Crippen LogP contribution in [0.15, 0.2) is 79.1 Å². The Hall–Kier alpha value is -4.19. The van der Waals surface area contributed by atoms with Gasteiger partial charge in [-0.25, -0.2) is 9.97 Å². The van der Waals surface area contributed by atoms with Crippen molar-refractivity contribution in [3.8, 4) is 5.88 Å². The highest BCUT2D eigenvalue weighted by atomic mass is 16.5. The molecule has 1 aliphatic rings. The first-order chi connectivity index (χ1) is 16.7. The molecule has 6 rings (SSSR count). The van der Waals surface area contributed by atoms with Crippen LogP contribution in [0.1, 0.15) is 28.4 Å². The molecule has 0 bridgehead atoms. The fourth-order valence-electron chi connectivity index (χ4n) is 5.03. The van der Waals surface area contributed by atoms with Gasteiger partial charge in [0, 0.05) is 23.1 Å². The fraction of sp³-hybridized carbons (Fsp3) is 0.179. The molecule has 34 heavy (non-hydrogen) atoms. The summed E-state index contributed by atoms with van der Waals surface area (Å²) in [6.07, 6.45) is 2.26. The number of aromatic nitrogens is 3. The summed E-state index contributed by atoms with van der Waals surface area (Å²) in [4.78, 5) is 27.7. The minimum Gasteiger partial charge on any atom is -0.467 e. The molecule has 1 unspecified atom stereocenters. The van der Waals surface area contributed by atoms with Crippen molar-refractivity contribution in [2.24, 2.45) is 0 Å². The van der Waals surface area contributed by atoms with E-state index in [1.165, 1.54) is 17.3 Å². The third-order valence-electron chi connectivity index (χ3n) is 6.68. The fourth-order valence-corrected chi connectivity index (χ4v) is 5.03. The molecule has 0 saturated heterocycles. The van der Waals surface area contributed by atoms with Crippen molar-refractivity contribution in [3.05, 3.63) is 102 Å². The third kappa shape index (κ3) is 3.39. The van der Waals surface area contributed by atoms with Gasteiger partial charge in [-0.3, -0.25) is 4.79 Å². The number of H-pyrrole nitrogens is 1. The van der Waals surface area contributed by atoms with Crippen molar-refractivity contribution in [3.63, 3.8) is 0 Å². The number of hydrogen-bond acceptors (Lipinski definition) is 4. The minimum atomic E-state index is -0.199. The summed E-state index contributed by atoms with van der Waals surface area (Å²) in [5.41, 5.74) is 6.54. The van der Waals surface area contributed by atoms with Crippen molar-refractivity contribution < 1.29 is 9.53 Å². The molecule has 168 valence electrons. The average Bonchev–Trinajstić information content (AvgIpc) is 3.26. The highest BCUT2D eigenvalue weighted by Crippen LogP contribution is 2.39. The summed E-state index contributed by atoms with van der Waals surface area (Å²) in [7, 11) is 0. The maximum absolute atomic E-state index is 13.6. The van der Waals surface area contributed by atoms with Crippen LogP contribution < -0.4 is 4.74 Å². The Bertz CT molecular complexity index is 1520. The molecule has 1 atom stereocenters. The Morgan fingerprint density at radius 2 is 1.76 bits per heavy atom. The van der Waals surface area contributed by atoms with Crippen LogP contribution in [-0.4, -0.2) is 38.9 Å². The number of amides is 1. The Morgan fingerprint density at radius 1 is 1.00 bits per heavy atom. The number of aryl methyl sites for hydroxylation is 1. The number of rotatable bonds is 4. The molecule has 0 spiro atoms. The lowest BCUT2D eigenvalue weighted by molar-refractivity contribution is -0.135. The smallest absolute Gasteiger partial charge is 0.261 e. The topological polar surface area (TPSA) is 71.1 Å². The quantitative estimate of drug-likeness (QED) is 0.421. The molecule has 2 aromatic heterocycles. The van der Waals surface area contributed by atoms with Crippen molar-refractivity contribution in [2.75, 3.05) is 13.2 Å². The van der Waals surface area contributed by atoms with Gasteiger partial charge in [0.2, 0.25) is 5.88 Å². The lowest BCUT2D eigenvalue weighted by Crippen LogP contribution is -2.43. The summed E-state index contributed by atoms with van der Waals surface area (Å²) < 4.78 is 5.94. The molecule has 6 nitrogen and oxygen atoms in total. The Kier molecular flexibility index (Phi) is 4.99. The summed E-state index contributed by atoms with van der Waals surface area (Å²) in [6, 6.07) is 24.1. The predicted molar refractivity (Wildman–Crippen MR) is 132 cm³/mol. The molecule has 1 aliphatic heterocycles. The lowest BCUT2D eigenvalue weighted by Gasteiger charge is -2.37. The predicted octanol–water partition coefficient (Wildman–Crippen LogP) is 4.97. The number of carbonyl (C=O) groups excluding carboxylic acids is 1. The second kappa shape index (κ2) is 8.30. The zero-order valence-corrected chi connectivity index (χ0v) is 18.9. The Morgan fingerprint density at radius 3 is 2.65 bits per heavy atom. The van der Waals surface area contributed by atoms with Gasteiger partial charge in [0.1, 0.15) is 6.33 Å². The molecular formula is C28H24N4O2. The van der Waals surface area contributed by atoms with Gasteiger partial charge in [-0.05, 0) is 48.2 Å². The van der Waals surface area contributed by atoms with E-state index >= 15 is 0 Å². The van der Waals surface area contributed by atoms with Crippen molar-refractivity contribution in [2.45, 2.75) is 19.4 Å². The number of nitrogens with zero attached hydrogens (tertiary/aromatic N) is 3. The average molecular weight is 449 g/mol. The van der Waals surface area contributed by atoms with Crippen LogP contribution in [0, 0.1) is 6.92 Å². The SMILES string of the molecule is Cc1ccccc1C1c2[nH]c3ccccc3c2CCN1C(=O)COc1ncnc2ccccc12. The van der Waals surface area contributed by atoms with E-state index in [0.29, 0.717) is 12.4 Å². The largest absolute Gasteiger partial charge is 0.467 e. The van der Waals surface area contributed by atoms with Crippen molar-refractivity contribution in [1.29, 1.82) is 0 Å². The molecule has 1 amide bonds. The molecular weight excluding hydrogens is 424 g/mol. The molecule has 0 saturated carbocycles. The van der Waals surface area contributed by atoms with Crippen LogP contribution in [0.3, 0.4) is 0 Å². The van der Waals surface area contributed by atoms with Crippen LogP contribution in [-0.2, 0) is 11.2 Å². The molecule has 0 fully saturated rings. The van der Waals surface area contributed by atoms with Crippen LogP contribution in [0.5, 0.6) is 5.88 Å². The van der Waals surface area contributed by atoms with Crippen LogP contribution >= 0.6 is 0 Å².